The van der Waals surface area contributed by atoms with Gasteiger partial charge in [0.25, 0.3) is 0 Å². The molecule has 0 radical (unpaired) electrons. The van der Waals surface area contributed by atoms with Gasteiger partial charge in [0, 0.05) is 29.7 Å². The Balaban J connectivity index is 2.44. The molecule has 0 aliphatic carbocycles. The zero-order valence-electron chi connectivity index (χ0n) is 6.98. The van der Waals surface area contributed by atoms with E-state index in [0.29, 0.717) is 11.1 Å². The van der Waals surface area contributed by atoms with Gasteiger partial charge in [-0.3, -0.25) is 4.98 Å². The van der Waals surface area contributed by atoms with Crippen molar-refractivity contribution in [3.8, 4) is 11.1 Å². The number of aromatic nitrogens is 3. The molecule has 0 aliphatic heterocycles. The molecular formula is C9H5ClFN3. The molecule has 3 nitrogen and oxygen atoms in total. The van der Waals surface area contributed by atoms with Gasteiger partial charge >= 0.3 is 0 Å². The van der Waals surface area contributed by atoms with Gasteiger partial charge in [-0.1, -0.05) is 0 Å². The molecule has 0 saturated heterocycles. The molecule has 70 valence electrons. The molecule has 0 atom stereocenters. The Kier molecular flexibility index (Phi) is 2.37. The van der Waals surface area contributed by atoms with Crippen LogP contribution in [0, 0.1) is 5.82 Å². The molecular weight excluding hydrogens is 205 g/mol. The topological polar surface area (TPSA) is 38.7 Å². The van der Waals surface area contributed by atoms with Crippen molar-refractivity contribution in [2.45, 2.75) is 0 Å². The van der Waals surface area contributed by atoms with E-state index in [1.54, 1.807) is 0 Å². The largest absolute Gasteiger partial charge is 0.261 e. The Hall–Kier alpha value is -1.55. The summed E-state index contributed by atoms with van der Waals surface area (Å²) in [6.45, 7) is 0. The lowest BCUT2D eigenvalue weighted by Gasteiger charge is -1.99. The van der Waals surface area contributed by atoms with Gasteiger partial charge < -0.3 is 0 Å². The molecule has 0 aliphatic rings. The van der Waals surface area contributed by atoms with Crippen LogP contribution >= 0.6 is 11.6 Å². The first kappa shape index (κ1) is 9.02. The van der Waals surface area contributed by atoms with Crippen LogP contribution in [0.25, 0.3) is 11.1 Å². The highest BCUT2D eigenvalue weighted by Crippen LogP contribution is 2.17. The SMILES string of the molecule is Fc1cncc(-c2cnc(Cl)nc2)c1. The van der Waals surface area contributed by atoms with Crippen molar-refractivity contribution in [1.82, 2.24) is 15.0 Å². The van der Waals surface area contributed by atoms with Crippen molar-refractivity contribution >= 4 is 11.6 Å². The van der Waals surface area contributed by atoms with Crippen LogP contribution in [0.5, 0.6) is 0 Å². The van der Waals surface area contributed by atoms with Gasteiger partial charge in [-0.2, -0.15) is 0 Å². The molecule has 0 bridgehead atoms. The summed E-state index contributed by atoms with van der Waals surface area (Å²) < 4.78 is 12.8. The van der Waals surface area contributed by atoms with E-state index in [9.17, 15) is 4.39 Å². The predicted molar refractivity (Wildman–Crippen MR) is 50.2 cm³/mol. The Morgan fingerprint density at radius 2 is 1.71 bits per heavy atom. The second kappa shape index (κ2) is 3.67. The molecule has 0 fully saturated rings. The zero-order valence-corrected chi connectivity index (χ0v) is 7.74. The Labute approximate surface area is 84.6 Å². The van der Waals surface area contributed by atoms with Crippen LogP contribution in [0.15, 0.2) is 30.9 Å². The molecule has 2 aromatic rings. The number of hydrogen-bond acceptors (Lipinski definition) is 3. The molecule has 0 spiro atoms. The van der Waals surface area contributed by atoms with E-state index in [2.05, 4.69) is 15.0 Å². The highest BCUT2D eigenvalue weighted by Gasteiger charge is 2.00. The lowest BCUT2D eigenvalue weighted by molar-refractivity contribution is 0.622. The van der Waals surface area contributed by atoms with E-state index in [4.69, 9.17) is 11.6 Å². The fraction of sp³-hybridized carbons (Fsp3) is 0. The third-order valence-electron chi connectivity index (χ3n) is 1.66. The maximum atomic E-state index is 12.8. The summed E-state index contributed by atoms with van der Waals surface area (Å²) in [5.74, 6) is -0.391. The quantitative estimate of drug-likeness (QED) is 0.677. The van der Waals surface area contributed by atoms with E-state index < -0.39 is 5.82 Å². The average molecular weight is 210 g/mol. The highest BCUT2D eigenvalue weighted by molar-refractivity contribution is 6.28. The van der Waals surface area contributed by atoms with E-state index >= 15 is 0 Å². The van der Waals surface area contributed by atoms with Gasteiger partial charge in [-0.05, 0) is 17.7 Å². The standard InChI is InChI=1S/C9H5ClFN3/c10-9-13-3-7(4-14-9)6-1-8(11)5-12-2-6/h1-5H. The first-order valence-electron chi connectivity index (χ1n) is 3.84. The van der Waals surface area contributed by atoms with Gasteiger partial charge in [0.1, 0.15) is 5.82 Å². The molecule has 0 saturated carbocycles. The summed E-state index contributed by atoms with van der Waals surface area (Å²) in [6, 6.07) is 1.36. The molecule has 2 aromatic heterocycles. The van der Waals surface area contributed by atoms with Crippen molar-refractivity contribution in [3.05, 3.63) is 42.0 Å². The molecule has 0 N–H and O–H groups in total. The summed E-state index contributed by atoms with van der Waals surface area (Å²) in [4.78, 5) is 11.3. The number of nitrogens with zero attached hydrogens (tertiary/aromatic N) is 3. The molecule has 0 unspecified atom stereocenters. The van der Waals surface area contributed by atoms with Crippen molar-refractivity contribution < 1.29 is 4.39 Å². The van der Waals surface area contributed by atoms with E-state index in [1.165, 1.54) is 24.7 Å². The summed E-state index contributed by atoms with van der Waals surface area (Å²) in [5.41, 5.74) is 1.31. The molecule has 2 rings (SSSR count). The van der Waals surface area contributed by atoms with E-state index in [-0.39, 0.29) is 5.28 Å². The second-order valence-electron chi connectivity index (χ2n) is 2.63. The first-order valence-corrected chi connectivity index (χ1v) is 4.22. The lowest BCUT2D eigenvalue weighted by atomic mass is 10.1. The van der Waals surface area contributed by atoms with Crippen LogP contribution in [0.3, 0.4) is 0 Å². The summed E-state index contributed by atoms with van der Waals surface area (Å²) in [7, 11) is 0. The van der Waals surface area contributed by atoms with Gasteiger partial charge in [0.15, 0.2) is 0 Å². The fourth-order valence-electron chi connectivity index (χ4n) is 1.03. The number of halogens is 2. The zero-order chi connectivity index (χ0) is 9.97. The number of pyridine rings is 1. The van der Waals surface area contributed by atoms with Crippen molar-refractivity contribution in [1.29, 1.82) is 0 Å². The minimum Gasteiger partial charge on any atom is -0.261 e. The normalized spacial score (nSPS) is 10.1. The van der Waals surface area contributed by atoms with Crippen molar-refractivity contribution in [2.24, 2.45) is 0 Å². The minimum atomic E-state index is -0.391. The van der Waals surface area contributed by atoms with Gasteiger partial charge in [0.2, 0.25) is 5.28 Å². The van der Waals surface area contributed by atoms with E-state index in [1.807, 2.05) is 0 Å². The monoisotopic (exact) mass is 209 g/mol. The molecule has 0 aromatic carbocycles. The predicted octanol–water partition coefficient (Wildman–Crippen LogP) is 2.33. The smallest absolute Gasteiger partial charge is 0.222 e. The fourth-order valence-corrected chi connectivity index (χ4v) is 1.13. The van der Waals surface area contributed by atoms with Crippen molar-refractivity contribution in [2.75, 3.05) is 0 Å². The second-order valence-corrected chi connectivity index (χ2v) is 2.97. The Morgan fingerprint density at radius 1 is 1.00 bits per heavy atom. The molecule has 2 heterocycles. The van der Waals surface area contributed by atoms with Crippen LogP contribution < -0.4 is 0 Å². The lowest BCUT2D eigenvalue weighted by Crippen LogP contribution is -1.86. The third kappa shape index (κ3) is 1.85. The van der Waals surface area contributed by atoms with Gasteiger partial charge in [-0.25, -0.2) is 14.4 Å². The highest BCUT2D eigenvalue weighted by atomic mass is 35.5. The number of rotatable bonds is 1. The molecule has 0 amide bonds. The molecule has 14 heavy (non-hydrogen) atoms. The van der Waals surface area contributed by atoms with E-state index in [0.717, 1.165) is 6.20 Å². The van der Waals surface area contributed by atoms with Gasteiger partial charge in [-0.15, -0.1) is 0 Å². The maximum Gasteiger partial charge on any atom is 0.222 e. The Morgan fingerprint density at radius 3 is 2.36 bits per heavy atom. The van der Waals surface area contributed by atoms with Crippen LogP contribution in [0.2, 0.25) is 5.28 Å². The minimum absolute atomic E-state index is 0.165. The third-order valence-corrected chi connectivity index (χ3v) is 1.85. The van der Waals surface area contributed by atoms with Gasteiger partial charge in [0.05, 0.1) is 6.20 Å². The number of hydrogen-bond donors (Lipinski definition) is 0. The summed E-state index contributed by atoms with van der Waals surface area (Å²) >= 11 is 5.52. The van der Waals surface area contributed by atoms with Crippen LogP contribution in [0.1, 0.15) is 0 Å². The summed E-state index contributed by atoms with van der Waals surface area (Å²) in [6.07, 6.45) is 5.72. The van der Waals surface area contributed by atoms with Crippen LogP contribution in [0.4, 0.5) is 4.39 Å². The first-order chi connectivity index (χ1) is 6.75. The maximum absolute atomic E-state index is 12.8. The molecule has 5 heteroatoms. The van der Waals surface area contributed by atoms with Crippen LogP contribution in [-0.2, 0) is 0 Å². The van der Waals surface area contributed by atoms with Crippen LogP contribution in [-0.4, -0.2) is 15.0 Å². The summed E-state index contributed by atoms with van der Waals surface area (Å²) in [5, 5.41) is 0.165. The Bertz CT molecular complexity index is 444. The average Bonchev–Trinajstić information content (AvgIpc) is 2.19. The van der Waals surface area contributed by atoms with Crippen molar-refractivity contribution in [3.63, 3.8) is 0 Å².